The minimum absolute atomic E-state index is 0.222. The van der Waals surface area contributed by atoms with Crippen molar-refractivity contribution in [2.75, 3.05) is 18.4 Å². The van der Waals surface area contributed by atoms with Gasteiger partial charge in [0.25, 0.3) is 0 Å². The molecule has 7 heteroatoms. The molecule has 1 fully saturated rings. The fourth-order valence-corrected chi connectivity index (χ4v) is 4.89. The van der Waals surface area contributed by atoms with Crippen LogP contribution in [0.5, 0.6) is 0 Å². The quantitative estimate of drug-likeness (QED) is 0.907. The van der Waals surface area contributed by atoms with Crippen molar-refractivity contribution in [3.63, 3.8) is 0 Å². The Morgan fingerprint density at radius 2 is 1.80 bits per heavy atom. The number of sulfonamides is 1. The van der Waals surface area contributed by atoms with Crippen LogP contribution in [0, 0.1) is 20.8 Å². The van der Waals surface area contributed by atoms with Crippen LogP contribution >= 0.6 is 0 Å². The summed E-state index contributed by atoms with van der Waals surface area (Å²) in [6.07, 6.45) is 3.05. The maximum atomic E-state index is 13.0. The Morgan fingerprint density at radius 1 is 1.08 bits per heavy atom. The monoisotopic (exact) mass is 360 g/mol. The molecule has 3 rings (SSSR count). The Balaban J connectivity index is 1.68. The molecule has 1 saturated heterocycles. The zero-order valence-electron chi connectivity index (χ0n) is 14.9. The fraction of sp³-hybridized carbons (Fsp3) is 0.444. The summed E-state index contributed by atoms with van der Waals surface area (Å²) in [5, 5.41) is 3.38. The summed E-state index contributed by atoms with van der Waals surface area (Å²) in [6, 6.07) is 7.69. The zero-order chi connectivity index (χ0) is 18.0. The first-order valence-corrected chi connectivity index (χ1v) is 9.93. The zero-order valence-corrected chi connectivity index (χ0v) is 15.7. The Hall–Kier alpha value is -1.99. The lowest BCUT2D eigenvalue weighted by molar-refractivity contribution is 0.329. The Kier molecular flexibility index (Phi) is 5.06. The molecule has 2 heterocycles. The highest BCUT2D eigenvalue weighted by Crippen LogP contribution is 2.25. The topological polar surface area (TPSA) is 75.2 Å². The number of benzene rings is 1. The molecule has 25 heavy (non-hydrogen) atoms. The van der Waals surface area contributed by atoms with E-state index in [1.165, 1.54) is 6.33 Å². The second kappa shape index (κ2) is 7.09. The minimum Gasteiger partial charge on any atom is -0.367 e. The highest BCUT2D eigenvalue weighted by atomic mass is 32.2. The van der Waals surface area contributed by atoms with Crippen molar-refractivity contribution >= 4 is 15.8 Å². The number of nitrogens with zero attached hydrogens (tertiary/aromatic N) is 3. The van der Waals surface area contributed by atoms with Crippen molar-refractivity contribution in [1.82, 2.24) is 14.3 Å². The number of nitrogens with one attached hydrogen (secondary N) is 1. The summed E-state index contributed by atoms with van der Waals surface area (Å²) < 4.78 is 27.5. The van der Waals surface area contributed by atoms with Crippen LogP contribution in [0.1, 0.15) is 29.7 Å². The van der Waals surface area contributed by atoms with Gasteiger partial charge in [0.1, 0.15) is 12.1 Å². The first-order valence-electron chi connectivity index (χ1n) is 8.49. The van der Waals surface area contributed by atoms with E-state index in [1.54, 1.807) is 10.4 Å². The summed E-state index contributed by atoms with van der Waals surface area (Å²) >= 11 is 0. The second-order valence-electron chi connectivity index (χ2n) is 6.64. The van der Waals surface area contributed by atoms with E-state index in [4.69, 9.17) is 0 Å². The highest BCUT2D eigenvalue weighted by Gasteiger charge is 2.30. The van der Waals surface area contributed by atoms with Crippen molar-refractivity contribution in [3.05, 3.63) is 47.4 Å². The largest absolute Gasteiger partial charge is 0.367 e. The van der Waals surface area contributed by atoms with Crippen molar-refractivity contribution < 1.29 is 8.42 Å². The lowest BCUT2D eigenvalue weighted by Crippen LogP contribution is -2.42. The molecular weight excluding hydrogens is 336 g/mol. The third kappa shape index (κ3) is 3.99. The first-order chi connectivity index (χ1) is 11.9. The van der Waals surface area contributed by atoms with Gasteiger partial charge >= 0.3 is 0 Å². The van der Waals surface area contributed by atoms with E-state index in [9.17, 15) is 8.42 Å². The highest BCUT2D eigenvalue weighted by molar-refractivity contribution is 7.89. The van der Waals surface area contributed by atoms with E-state index in [-0.39, 0.29) is 6.04 Å². The maximum absolute atomic E-state index is 13.0. The van der Waals surface area contributed by atoms with Crippen LogP contribution in [0.4, 0.5) is 5.82 Å². The number of aromatic nitrogens is 2. The van der Waals surface area contributed by atoms with Crippen LogP contribution in [-0.4, -0.2) is 41.8 Å². The number of hydrogen-bond acceptors (Lipinski definition) is 5. The molecule has 1 aromatic heterocycles. The maximum Gasteiger partial charge on any atom is 0.243 e. The van der Waals surface area contributed by atoms with Crippen LogP contribution in [0.3, 0.4) is 0 Å². The smallest absolute Gasteiger partial charge is 0.243 e. The van der Waals surface area contributed by atoms with Gasteiger partial charge in [-0.3, -0.25) is 0 Å². The van der Waals surface area contributed by atoms with E-state index in [1.807, 2.05) is 39.0 Å². The van der Waals surface area contributed by atoms with Crippen LogP contribution in [0.2, 0.25) is 0 Å². The molecule has 6 nitrogen and oxygen atoms in total. The van der Waals surface area contributed by atoms with Gasteiger partial charge in [-0.25, -0.2) is 18.4 Å². The molecule has 0 unspecified atom stereocenters. The Bertz CT molecular complexity index is 859. The summed E-state index contributed by atoms with van der Waals surface area (Å²) in [5.74, 6) is 0.795. The van der Waals surface area contributed by atoms with Gasteiger partial charge in [-0.2, -0.15) is 4.31 Å². The molecule has 0 saturated carbocycles. The predicted molar refractivity (Wildman–Crippen MR) is 98.1 cm³/mol. The van der Waals surface area contributed by atoms with Gasteiger partial charge in [0, 0.05) is 30.9 Å². The molecule has 0 radical (unpaired) electrons. The first kappa shape index (κ1) is 17.8. The average molecular weight is 360 g/mol. The van der Waals surface area contributed by atoms with Gasteiger partial charge in [0.2, 0.25) is 10.0 Å². The third-order valence-corrected chi connectivity index (χ3v) is 6.61. The molecule has 134 valence electrons. The Labute approximate surface area is 149 Å². The van der Waals surface area contributed by atoms with Gasteiger partial charge in [0.05, 0.1) is 4.90 Å². The molecule has 2 aromatic rings. The third-order valence-electron chi connectivity index (χ3n) is 4.57. The van der Waals surface area contributed by atoms with Crippen LogP contribution in [-0.2, 0) is 10.0 Å². The van der Waals surface area contributed by atoms with Gasteiger partial charge in [-0.1, -0.05) is 12.1 Å². The fourth-order valence-electron chi connectivity index (χ4n) is 3.11. The van der Waals surface area contributed by atoms with Crippen molar-refractivity contribution in [2.24, 2.45) is 0 Å². The summed E-state index contributed by atoms with van der Waals surface area (Å²) in [5.41, 5.74) is 2.66. The summed E-state index contributed by atoms with van der Waals surface area (Å²) in [4.78, 5) is 8.73. The van der Waals surface area contributed by atoms with Gasteiger partial charge < -0.3 is 5.32 Å². The van der Waals surface area contributed by atoms with Crippen molar-refractivity contribution in [1.29, 1.82) is 0 Å². The number of piperidine rings is 1. The number of aryl methyl sites for hydroxylation is 3. The van der Waals surface area contributed by atoms with Crippen molar-refractivity contribution in [2.45, 2.75) is 44.6 Å². The summed E-state index contributed by atoms with van der Waals surface area (Å²) in [7, 11) is -3.44. The molecule has 0 spiro atoms. The predicted octanol–water partition coefficient (Wildman–Crippen LogP) is 2.67. The molecule has 1 aliphatic rings. The average Bonchev–Trinajstić information content (AvgIpc) is 2.57. The summed E-state index contributed by atoms with van der Waals surface area (Å²) in [6.45, 7) is 6.71. The SMILES string of the molecule is Cc1ccc(C)c(S(=O)(=O)N2CCC(Nc3cc(C)ncn3)CC2)c1. The van der Waals surface area contributed by atoms with E-state index < -0.39 is 10.0 Å². The molecule has 0 bridgehead atoms. The van der Waals surface area contributed by atoms with E-state index in [2.05, 4.69) is 15.3 Å². The number of rotatable bonds is 4. The van der Waals surface area contributed by atoms with Gasteiger partial charge in [-0.15, -0.1) is 0 Å². The van der Waals surface area contributed by atoms with Crippen LogP contribution in [0.25, 0.3) is 0 Å². The normalized spacial score (nSPS) is 16.8. The van der Waals surface area contributed by atoms with Crippen LogP contribution in [0.15, 0.2) is 35.5 Å². The molecule has 1 N–H and O–H groups in total. The van der Waals surface area contributed by atoms with Crippen molar-refractivity contribution in [3.8, 4) is 0 Å². The molecular formula is C18H24N4O2S. The van der Waals surface area contributed by atoms with Gasteiger partial charge in [0.15, 0.2) is 0 Å². The lowest BCUT2D eigenvalue weighted by atomic mass is 10.1. The van der Waals surface area contributed by atoms with Crippen LogP contribution < -0.4 is 5.32 Å². The number of anilines is 1. The van der Waals surface area contributed by atoms with Gasteiger partial charge in [-0.05, 0) is 50.8 Å². The molecule has 0 amide bonds. The molecule has 1 aliphatic heterocycles. The standard InChI is InChI=1S/C18H24N4O2S/c1-13-4-5-14(2)17(10-13)25(23,24)22-8-6-16(7-9-22)21-18-11-15(3)19-12-20-18/h4-5,10-12,16H,6-9H2,1-3H3,(H,19,20,21). The molecule has 1 aromatic carbocycles. The number of hydrogen-bond donors (Lipinski definition) is 1. The molecule has 0 aliphatic carbocycles. The van der Waals surface area contributed by atoms with E-state index >= 15 is 0 Å². The van der Waals surface area contributed by atoms with E-state index in [0.29, 0.717) is 18.0 Å². The van der Waals surface area contributed by atoms with E-state index in [0.717, 1.165) is 35.5 Å². The Morgan fingerprint density at radius 3 is 2.48 bits per heavy atom. The lowest BCUT2D eigenvalue weighted by Gasteiger charge is -2.32. The molecule has 0 atom stereocenters. The minimum atomic E-state index is -3.44. The second-order valence-corrected chi connectivity index (χ2v) is 8.54.